The molecule has 100 valence electrons. The predicted octanol–water partition coefficient (Wildman–Crippen LogP) is 3.78. The first-order valence-electron chi connectivity index (χ1n) is 6.45. The van der Waals surface area contributed by atoms with Crippen molar-refractivity contribution in [3.8, 4) is 0 Å². The summed E-state index contributed by atoms with van der Waals surface area (Å²) in [5.41, 5.74) is 3.56. The summed E-state index contributed by atoms with van der Waals surface area (Å²) in [6.45, 7) is 6.17. The monoisotopic (exact) mass is 273 g/mol. The molecule has 0 saturated heterocycles. The van der Waals surface area contributed by atoms with E-state index in [0.29, 0.717) is 6.42 Å². The summed E-state index contributed by atoms with van der Waals surface area (Å²) >= 11 is 1.67. The van der Waals surface area contributed by atoms with Gasteiger partial charge in [-0.2, -0.15) is 0 Å². The number of carbonyl (C=O) groups is 1. The molecule has 3 heteroatoms. The van der Waals surface area contributed by atoms with E-state index in [1.54, 1.807) is 11.3 Å². The van der Waals surface area contributed by atoms with Gasteiger partial charge >= 0.3 is 0 Å². The summed E-state index contributed by atoms with van der Waals surface area (Å²) in [4.78, 5) is 13.2. The second kappa shape index (κ2) is 6.02. The fourth-order valence-electron chi connectivity index (χ4n) is 2.00. The van der Waals surface area contributed by atoms with Crippen LogP contribution in [0.1, 0.15) is 34.5 Å². The van der Waals surface area contributed by atoms with Crippen molar-refractivity contribution >= 4 is 17.2 Å². The number of hydrogen-bond donors (Lipinski definition) is 1. The number of aryl methyl sites for hydroxylation is 2. The van der Waals surface area contributed by atoms with Crippen molar-refractivity contribution in [2.45, 2.75) is 33.2 Å². The quantitative estimate of drug-likeness (QED) is 0.902. The van der Waals surface area contributed by atoms with Gasteiger partial charge in [0.15, 0.2) is 0 Å². The van der Waals surface area contributed by atoms with Gasteiger partial charge in [0, 0.05) is 4.88 Å². The number of carbonyl (C=O) groups excluding carboxylic acids is 1. The van der Waals surface area contributed by atoms with E-state index in [0.717, 1.165) is 5.56 Å². The topological polar surface area (TPSA) is 29.1 Å². The average Bonchev–Trinajstić information content (AvgIpc) is 2.87. The minimum Gasteiger partial charge on any atom is -0.348 e. The Morgan fingerprint density at radius 2 is 2.05 bits per heavy atom. The molecule has 0 aliphatic heterocycles. The Balaban J connectivity index is 1.95. The standard InChI is InChI=1S/C16H19NOS/c1-11-6-7-14(9-12(11)2)10-16(18)17-13(3)15-5-4-8-19-15/h4-9,13H,10H2,1-3H3,(H,17,18)/t13-/m0/s1. The van der Waals surface area contributed by atoms with Gasteiger partial charge in [0.2, 0.25) is 5.91 Å². The summed E-state index contributed by atoms with van der Waals surface area (Å²) in [5, 5.41) is 5.07. The first-order chi connectivity index (χ1) is 9.06. The molecule has 1 amide bonds. The van der Waals surface area contributed by atoms with Crippen LogP contribution in [0.2, 0.25) is 0 Å². The fourth-order valence-corrected chi connectivity index (χ4v) is 2.73. The first kappa shape index (κ1) is 13.8. The SMILES string of the molecule is Cc1ccc(CC(=O)N[C@@H](C)c2cccs2)cc1C. The van der Waals surface area contributed by atoms with E-state index in [-0.39, 0.29) is 11.9 Å². The van der Waals surface area contributed by atoms with Crippen LogP contribution < -0.4 is 5.32 Å². The Morgan fingerprint density at radius 1 is 1.26 bits per heavy atom. The Kier molecular flexibility index (Phi) is 4.38. The van der Waals surface area contributed by atoms with E-state index in [1.165, 1.54) is 16.0 Å². The predicted molar refractivity (Wildman–Crippen MR) is 80.5 cm³/mol. The van der Waals surface area contributed by atoms with Crippen LogP contribution in [0.25, 0.3) is 0 Å². The van der Waals surface area contributed by atoms with E-state index in [2.05, 4.69) is 31.3 Å². The minimum atomic E-state index is 0.0733. The molecule has 2 nitrogen and oxygen atoms in total. The molecule has 1 aromatic carbocycles. The van der Waals surface area contributed by atoms with Gasteiger partial charge in [-0.25, -0.2) is 0 Å². The summed E-state index contributed by atoms with van der Waals surface area (Å²) in [5.74, 6) is 0.0733. The van der Waals surface area contributed by atoms with Gasteiger partial charge in [-0.3, -0.25) is 4.79 Å². The van der Waals surface area contributed by atoms with Gasteiger partial charge in [0.25, 0.3) is 0 Å². The Bertz CT molecular complexity index is 560. The largest absolute Gasteiger partial charge is 0.348 e. The van der Waals surface area contributed by atoms with Gasteiger partial charge in [-0.05, 0) is 48.9 Å². The molecule has 1 heterocycles. The summed E-state index contributed by atoms with van der Waals surface area (Å²) in [7, 11) is 0. The highest BCUT2D eigenvalue weighted by Gasteiger charge is 2.11. The third-order valence-corrected chi connectivity index (χ3v) is 4.34. The molecule has 0 aliphatic carbocycles. The van der Waals surface area contributed by atoms with Crippen LogP contribution in [0.5, 0.6) is 0 Å². The lowest BCUT2D eigenvalue weighted by molar-refractivity contribution is -0.121. The number of hydrogen-bond acceptors (Lipinski definition) is 2. The van der Waals surface area contributed by atoms with Gasteiger partial charge in [-0.1, -0.05) is 24.3 Å². The summed E-state index contributed by atoms with van der Waals surface area (Å²) in [6, 6.07) is 10.3. The molecule has 1 N–H and O–H groups in total. The van der Waals surface area contributed by atoms with Crippen LogP contribution in [0, 0.1) is 13.8 Å². The molecule has 0 unspecified atom stereocenters. The summed E-state index contributed by atoms with van der Waals surface area (Å²) < 4.78 is 0. The van der Waals surface area contributed by atoms with Crippen molar-refractivity contribution in [3.63, 3.8) is 0 Å². The Labute approximate surface area is 118 Å². The third-order valence-electron chi connectivity index (χ3n) is 3.28. The van der Waals surface area contributed by atoms with Crippen molar-refractivity contribution in [1.29, 1.82) is 0 Å². The normalized spacial score (nSPS) is 12.2. The van der Waals surface area contributed by atoms with Crippen molar-refractivity contribution in [2.75, 3.05) is 0 Å². The smallest absolute Gasteiger partial charge is 0.224 e. The molecular weight excluding hydrogens is 254 g/mol. The van der Waals surface area contributed by atoms with Crippen LogP contribution in [-0.2, 0) is 11.2 Å². The lowest BCUT2D eigenvalue weighted by atomic mass is 10.0. The van der Waals surface area contributed by atoms with E-state index >= 15 is 0 Å². The molecule has 19 heavy (non-hydrogen) atoms. The zero-order valence-corrected chi connectivity index (χ0v) is 12.4. The molecular formula is C16H19NOS. The molecule has 1 aromatic heterocycles. The molecule has 2 aromatic rings. The average molecular weight is 273 g/mol. The lowest BCUT2D eigenvalue weighted by Crippen LogP contribution is -2.27. The minimum absolute atomic E-state index is 0.0733. The maximum Gasteiger partial charge on any atom is 0.224 e. The molecule has 1 atom stereocenters. The molecule has 0 saturated carbocycles. The molecule has 0 bridgehead atoms. The van der Waals surface area contributed by atoms with Crippen LogP contribution in [0.4, 0.5) is 0 Å². The first-order valence-corrected chi connectivity index (χ1v) is 7.33. The van der Waals surface area contributed by atoms with Gasteiger partial charge in [0.05, 0.1) is 12.5 Å². The third kappa shape index (κ3) is 3.67. The van der Waals surface area contributed by atoms with E-state index in [4.69, 9.17) is 0 Å². The highest BCUT2D eigenvalue weighted by Crippen LogP contribution is 2.18. The second-order valence-electron chi connectivity index (χ2n) is 4.90. The molecule has 0 radical (unpaired) electrons. The number of thiophene rings is 1. The second-order valence-corrected chi connectivity index (χ2v) is 5.88. The van der Waals surface area contributed by atoms with E-state index in [1.807, 2.05) is 30.5 Å². The van der Waals surface area contributed by atoms with Crippen molar-refractivity contribution in [2.24, 2.45) is 0 Å². The number of nitrogens with one attached hydrogen (secondary N) is 1. The van der Waals surface area contributed by atoms with Crippen LogP contribution in [0.3, 0.4) is 0 Å². The molecule has 2 rings (SSSR count). The Hall–Kier alpha value is -1.61. The van der Waals surface area contributed by atoms with E-state index < -0.39 is 0 Å². The zero-order chi connectivity index (χ0) is 13.8. The van der Waals surface area contributed by atoms with E-state index in [9.17, 15) is 4.79 Å². The number of benzene rings is 1. The summed E-state index contributed by atoms with van der Waals surface area (Å²) in [6.07, 6.45) is 0.441. The van der Waals surface area contributed by atoms with Crippen molar-refractivity contribution in [1.82, 2.24) is 5.32 Å². The molecule has 0 aliphatic rings. The van der Waals surface area contributed by atoms with Crippen molar-refractivity contribution in [3.05, 3.63) is 57.3 Å². The van der Waals surface area contributed by atoms with Crippen molar-refractivity contribution < 1.29 is 4.79 Å². The van der Waals surface area contributed by atoms with Crippen LogP contribution in [-0.4, -0.2) is 5.91 Å². The number of amides is 1. The van der Waals surface area contributed by atoms with Gasteiger partial charge in [0.1, 0.15) is 0 Å². The Morgan fingerprint density at radius 3 is 2.68 bits per heavy atom. The van der Waals surface area contributed by atoms with Crippen LogP contribution >= 0.6 is 11.3 Å². The van der Waals surface area contributed by atoms with Gasteiger partial charge < -0.3 is 5.32 Å². The zero-order valence-electron chi connectivity index (χ0n) is 11.6. The fraction of sp³-hybridized carbons (Fsp3) is 0.312. The molecule has 0 spiro atoms. The highest BCUT2D eigenvalue weighted by atomic mass is 32.1. The highest BCUT2D eigenvalue weighted by molar-refractivity contribution is 7.10. The number of rotatable bonds is 4. The van der Waals surface area contributed by atoms with Gasteiger partial charge in [-0.15, -0.1) is 11.3 Å². The van der Waals surface area contributed by atoms with Crippen LogP contribution in [0.15, 0.2) is 35.7 Å². The lowest BCUT2D eigenvalue weighted by Gasteiger charge is -2.12. The molecule has 0 fully saturated rings. The maximum absolute atomic E-state index is 12.0. The maximum atomic E-state index is 12.0.